The molecule has 2 N–H and O–H groups in total. The highest BCUT2D eigenvalue weighted by Crippen LogP contribution is 2.23. The molecule has 1 fully saturated rings. The largest absolute Gasteiger partial charge is 0.493 e. The summed E-state index contributed by atoms with van der Waals surface area (Å²) < 4.78 is 17.9. The van der Waals surface area contributed by atoms with Gasteiger partial charge in [0.2, 0.25) is 5.95 Å². The number of rotatable bonds is 8. The fourth-order valence-electron chi connectivity index (χ4n) is 3.32. The van der Waals surface area contributed by atoms with Crippen LogP contribution in [0.5, 0.6) is 5.75 Å². The summed E-state index contributed by atoms with van der Waals surface area (Å²) in [6, 6.07) is 16.5. The van der Waals surface area contributed by atoms with Crippen LogP contribution in [0.3, 0.4) is 0 Å². The van der Waals surface area contributed by atoms with Gasteiger partial charge in [0.25, 0.3) is 5.56 Å². The van der Waals surface area contributed by atoms with Gasteiger partial charge in [-0.05, 0) is 24.6 Å². The Morgan fingerprint density at radius 1 is 1.26 bits per heavy atom. The first-order valence-corrected chi connectivity index (χ1v) is 11.5. The molecule has 1 aromatic heterocycles. The van der Waals surface area contributed by atoms with Gasteiger partial charge in [-0.2, -0.15) is 10.4 Å². The van der Waals surface area contributed by atoms with Gasteiger partial charge in [-0.3, -0.25) is 9.78 Å². The number of nitrogens with one attached hydrogen (secondary N) is 2. The first kappa shape index (κ1) is 23.6. The first-order valence-electron chi connectivity index (χ1n) is 10.7. The monoisotopic (exact) mass is 523 g/mol. The van der Waals surface area contributed by atoms with E-state index >= 15 is 0 Å². The molecule has 0 atom stereocenters. The van der Waals surface area contributed by atoms with Crippen LogP contribution < -0.4 is 15.7 Å². The van der Waals surface area contributed by atoms with Crippen LogP contribution in [0.4, 0.5) is 5.95 Å². The molecule has 2 heterocycles. The topological polar surface area (TPSA) is 122 Å². The molecular formula is C24H22BrN5O4. The minimum atomic E-state index is -0.548. The number of aromatic amines is 1. The Kier molecular flexibility index (Phi) is 8.04. The third kappa shape index (κ3) is 6.08. The van der Waals surface area contributed by atoms with Gasteiger partial charge >= 0.3 is 0 Å². The predicted octanol–water partition coefficient (Wildman–Crippen LogP) is 4.05. The molecule has 0 radical (unpaired) electrons. The normalized spacial score (nSPS) is 14.1. The molecule has 0 aliphatic carbocycles. The average Bonchev–Trinajstić information content (AvgIpc) is 2.86. The number of nitrogens with zero attached hydrogens (tertiary/aromatic N) is 3. The number of nitriles is 1. The van der Waals surface area contributed by atoms with Gasteiger partial charge in [-0.1, -0.05) is 46.3 Å². The third-order valence-electron chi connectivity index (χ3n) is 4.93. The van der Waals surface area contributed by atoms with E-state index in [2.05, 4.69) is 36.4 Å². The van der Waals surface area contributed by atoms with Crippen LogP contribution in [0.1, 0.15) is 24.0 Å². The summed E-state index contributed by atoms with van der Waals surface area (Å²) in [6.45, 7) is 1.82. The molecule has 2 aromatic carbocycles. The zero-order valence-electron chi connectivity index (χ0n) is 18.2. The van der Waals surface area contributed by atoms with Gasteiger partial charge in [0.1, 0.15) is 17.4 Å². The van der Waals surface area contributed by atoms with Crippen molar-refractivity contribution in [1.82, 2.24) is 9.97 Å². The SMILES string of the molecule is N#Cc1c(-c2ccccc2)nc(NN=Cc2cc(Br)ccc2OCCC2OCCCO2)[nH]c1=O. The molecule has 1 aliphatic rings. The van der Waals surface area contributed by atoms with Gasteiger partial charge in [-0.25, -0.2) is 10.4 Å². The highest BCUT2D eigenvalue weighted by atomic mass is 79.9. The fourth-order valence-corrected chi connectivity index (χ4v) is 3.70. The maximum Gasteiger partial charge on any atom is 0.270 e. The molecule has 0 bridgehead atoms. The van der Waals surface area contributed by atoms with E-state index in [9.17, 15) is 10.1 Å². The molecule has 10 heteroatoms. The van der Waals surface area contributed by atoms with Gasteiger partial charge in [-0.15, -0.1) is 0 Å². The lowest BCUT2D eigenvalue weighted by Gasteiger charge is -2.23. The van der Waals surface area contributed by atoms with E-state index in [0.717, 1.165) is 10.9 Å². The lowest BCUT2D eigenvalue weighted by atomic mass is 10.1. The molecular weight excluding hydrogens is 502 g/mol. The van der Waals surface area contributed by atoms with E-state index in [1.165, 1.54) is 0 Å². The number of anilines is 1. The zero-order chi connectivity index (χ0) is 23.8. The number of hydrogen-bond acceptors (Lipinski definition) is 8. The summed E-state index contributed by atoms with van der Waals surface area (Å²) >= 11 is 3.46. The summed E-state index contributed by atoms with van der Waals surface area (Å²) in [5.41, 5.74) is 3.78. The lowest BCUT2D eigenvalue weighted by molar-refractivity contribution is -0.183. The van der Waals surface area contributed by atoms with Crippen LogP contribution in [0, 0.1) is 11.3 Å². The van der Waals surface area contributed by atoms with Crippen molar-refractivity contribution in [2.45, 2.75) is 19.1 Å². The molecule has 3 aromatic rings. The molecule has 34 heavy (non-hydrogen) atoms. The second kappa shape index (κ2) is 11.6. The number of hydrogen-bond donors (Lipinski definition) is 2. The molecule has 174 valence electrons. The van der Waals surface area contributed by atoms with Gasteiger partial charge < -0.3 is 14.2 Å². The second-order valence-corrected chi connectivity index (χ2v) is 8.25. The van der Waals surface area contributed by atoms with E-state index in [1.54, 1.807) is 18.3 Å². The highest BCUT2D eigenvalue weighted by molar-refractivity contribution is 9.10. The molecule has 1 saturated heterocycles. The van der Waals surface area contributed by atoms with Crippen LogP contribution in [0.15, 0.2) is 62.9 Å². The van der Waals surface area contributed by atoms with Crippen molar-refractivity contribution in [3.63, 3.8) is 0 Å². The second-order valence-electron chi connectivity index (χ2n) is 7.33. The van der Waals surface area contributed by atoms with Crippen LogP contribution >= 0.6 is 15.9 Å². The average molecular weight is 524 g/mol. The quantitative estimate of drug-likeness (QED) is 0.337. The number of ether oxygens (including phenoxy) is 3. The summed E-state index contributed by atoms with van der Waals surface area (Å²) in [4.78, 5) is 19.3. The summed E-state index contributed by atoms with van der Waals surface area (Å²) in [5, 5.41) is 13.6. The van der Waals surface area contributed by atoms with Crippen molar-refractivity contribution in [3.05, 3.63) is 74.5 Å². The Morgan fingerprint density at radius 2 is 2.06 bits per heavy atom. The van der Waals surface area contributed by atoms with Crippen molar-refractivity contribution < 1.29 is 14.2 Å². The van der Waals surface area contributed by atoms with Crippen molar-refractivity contribution >= 4 is 28.1 Å². The predicted molar refractivity (Wildman–Crippen MR) is 131 cm³/mol. The number of H-pyrrole nitrogens is 1. The standard InChI is InChI=1S/C24H22BrN5O4/c25-18-7-8-20(32-12-9-21-33-10-4-11-34-21)17(13-18)15-27-30-24-28-22(16-5-2-1-3-6-16)19(14-26)23(31)29-24/h1-3,5-8,13,15,21H,4,9-12H2,(H2,28,29,30,31). The molecule has 9 nitrogen and oxygen atoms in total. The summed E-state index contributed by atoms with van der Waals surface area (Å²) in [7, 11) is 0. The first-order chi connectivity index (χ1) is 16.6. The van der Waals surface area contributed by atoms with Crippen LogP contribution in [-0.4, -0.2) is 42.3 Å². The number of hydrazone groups is 1. The fraction of sp³-hybridized carbons (Fsp3) is 0.250. The van der Waals surface area contributed by atoms with E-state index in [0.29, 0.717) is 43.1 Å². The van der Waals surface area contributed by atoms with E-state index in [-0.39, 0.29) is 23.5 Å². The van der Waals surface area contributed by atoms with Crippen LogP contribution in [-0.2, 0) is 9.47 Å². The van der Waals surface area contributed by atoms with Crippen molar-refractivity contribution in [3.8, 4) is 23.1 Å². The van der Waals surface area contributed by atoms with E-state index < -0.39 is 5.56 Å². The molecule has 0 saturated carbocycles. The Labute approximate surface area is 204 Å². The van der Waals surface area contributed by atoms with Gasteiger partial charge in [0.15, 0.2) is 6.29 Å². The van der Waals surface area contributed by atoms with Crippen molar-refractivity contribution in [2.24, 2.45) is 5.10 Å². The minimum absolute atomic E-state index is 0.0608. The minimum Gasteiger partial charge on any atom is -0.493 e. The van der Waals surface area contributed by atoms with Crippen molar-refractivity contribution in [1.29, 1.82) is 5.26 Å². The van der Waals surface area contributed by atoms with Crippen molar-refractivity contribution in [2.75, 3.05) is 25.2 Å². The molecule has 0 spiro atoms. The van der Waals surface area contributed by atoms with Crippen LogP contribution in [0.2, 0.25) is 0 Å². The third-order valence-corrected chi connectivity index (χ3v) is 5.42. The highest BCUT2D eigenvalue weighted by Gasteiger charge is 2.15. The molecule has 1 aliphatic heterocycles. The number of benzene rings is 2. The Balaban J connectivity index is 1.48. The smallest absolute Gasteiger partial charge is 0.270 e. The Bertz CT molecular complexity index is 1250. The zero-order valence-corrected chi connectivity index (χ0v) is 19.7. The van der Waals surface area contributed by atoms with Crippen LogP contribution in [0.25, 0.3) is 11.3 Å². The van der Waals surface area contributed by atoms with E-state index in [1.807, 2.05) is 42.5 Å². The molecule has 0 amide bonds. The van der Waals surface area contributed by atoms with Gasteiger partial charge in [0.05, 0.1) is 31.7 Å². The summed E-state index contributed by atoms with van der Waals surface area (Å²) in [6.07, 6.45) is 2.84. The van der Waals surface area contributed by atoms with Gasteiger partial charge in [0, 0.05) is 22.0 Å². The lowest BCUT2D eigenvalue weighted by Crippen LogP contribution is -2.26. The Morgan fingerprint density at radius 3 is 2.82 bits per heavy atom. The maximum absolute atomic E-state index is 12.4. The number of halogens is 1. The number of aromatic nitrogens is 2. The molecule has 4 rings (SSSR count). The summed E-state index contributed by atoms with van der Waals surface area (Å²) in [5.74, 6) is 0.749. The molecule has 0 unspecified atom stereocenters. The maximum atomic E-state index is 12.4. The van der Waals surface area contributed by atoms with E-state index in [4.69, 9.17) is 14.2 Å². The Hall–Kier alpha value is -3.52.